The Morgan fingerprint density at radius 3 is 0.903 bits per heavy atom. The maximum atomic E-state index is 2.70. The molecule has 12 atom stereocenters. The predicted molar refractivity (Wildman–Crippen MR) is 134 cm³/mol. The first-order valence-corrected chi connectivity index (χ1v) is 14.4. The van der Waals surface area contributed by atoms with E-state index in [0.29, 0.717) is 16.2 Å². The Balaban J connectivity index is 1.33. The molecule has 0 unspecified atom stereocenters. The lowest BCUT2D eigenvalue weighted by atomic mass is 9.15. The Morgan fingerprint density at radius 2 is 0.710 bits per heavy atom. The summed E-state index contributed by atoms with van der Waals surface area (Å²) in [4.78, 5) is 0. The van der Waals surface area contributed by atoms with Gasteiger partial charge in [0.15, 0.2) is 0 Å². The van der Waals surface area contributed by atoms with Gasteiger partial charge < -0.3 is 0 Å². The van der Waals surface area contributed by atoms with Gasteiger partial charge in [0.25, 0.3) is 0 Å². The van der Waals surface area contributed by atoms with Crippen molar-refractivity contribution in [1.82, 2.24) is 0 Å². The maximum absolute atomic E-state index is 2.70. The van der Waals surface area contributed by atoms with Gasteiger partial charge in [-0.3, -0.25) is 0 Å². The minimum Gasteiger partial charge on any atom is -0.0626 e. The summed E-state index contributed by atoms with van der Waals surface area (Å²) in [5, 5.41) is 0. The fraction of sp³-hybridized carbons (Fsp3) is 1.00. The fourth-order valence-electron chi connectivity index (χ4n) is 12.0. The highest BCUT2D eigenvalue weighted by Crippen LogP contribution is 2.73. The SMILES string of the molecule is C[C@H]1[C@H](B([C@@H]2C[C@H]3C[C@@H]([C@H]2C)C3(C)C)[C@@H]2C[C@H]3C[C@@H]([C@H]2C)C3(C)C)C[C@H]2C[C@@H]1C2(C)C. The molecule has 174 valence electrons. The standard InChI is InChI=1S/C30H51B/c1-16-22-10-19(28(22,4)5)13-25(16)31(26-14-20-11-23(17(26)2)29(20,6)7)27-15-21-12-24(18(27)3)30(21,8)9/h16-27H,10-15H2,1-9H3/t16-,17-,18-,19-,20-,21-,22+,23+,24+,25-,26-,27-/m1/s1. The van der Waals surface area contributed by atoms with Crippen LogP contribution in [0.15, 0.2) is 0 Å². The highest BCUT2D eigenvalue weighted by Gasteiger charge is 2.66. The van der Waals surface area contributed by atoms with Crippen molar-refractivity contribution in [2.24, 2.45) is 69.5 Å². The van der Waals surface area contributed by atoms with E-state index in [1.54, 1.807) is 38.5 Å². The van der Waals surface area contributed by atoms with Gasteiger partial charge >= 0.3 is 0 Å². The monoisotopic (exact) mass is 422 g/mol. The highest BCUT2D eigenvalue weighted by molar-refractivity contribution is 6.64. The molecule has 0 nitrogen and oxygen atoms in total. The molecule has 9 aliphatic rings. The summed E-state index contributed by atoms with van der Waals surface area (Å²) in [6.45, 7) is 24.8. The molecule has 0 heterocycles. The van der Waals surface area contributed by atoms with Crippen LogP contribution in [-0.4, -0.2) is 6.71 Å². The van der Waals surface area contributed by atoms with Gasteiger partial charge in [0.1, 0.15) is 6.71 Å². The molecule has 0 aliphatic heterocycles. The van der Waals surface area contributed by atoms with Crippen LogP contribution in [0.3, 0.4) is 0 Å². The zero-order valence-corrected chi connectivity index (χ0v) is 22.2. The van der Waals surface area contributed by atoms with Crippen LogP contribution in [0.5, 0.6) is 0 Å². The first-order chi connectivity index (χ1) is 14.4. The average Bonchev–Trinajstić information content (AvgIpc) is 2.69. The van der Waals surface area contributed by atoms with Crippen LogP contribution < -0.4 is 0 Å². The Morgan fingerprint density at radius 1 is 0.452 bits per heavy atom. The summed E-state index contributed by atoms with van der Waals surface area (Å²) >= 11 is 0. The molecule has 0 aromatic rings. The number of rotatable bonds is 3. The van der Waals surface area contributed by atoms with Crippen molar-refractivity contribution in [1.29, 1.82) is 0 Å². The van der Waals surface area contributed by atoms with Gasteiger partial charge in [-0.2, -0.15) is 0 Å². The van der Waals surface area contributed by atoms with E-state index in [9.17, 15) is 0 Å². The van der Waals surface area contributed by atoms with Gasteiger partial charge in [-0.25, -0.2) is 0 Å². The van der Waals surface area contributed by atoms with E-state index < -0.39 is 0 Å². The molecule has 9 rings (SSSR count). The lowest BCUT2D eigenvalue weighted by molar-refractivity contribution is -0.115. The Kier molecular flexibility index (Phi) is 4.45. The molecule has 0 amide bonds. The fourth-order valence-corrected chi connectivity index (χ4v) is 12.0. The minimum absolute atomic E-state index is 0.630. The van der Waals surface area contributed by atoms with Crippen LogP contribution in [0.25, 0.3) is 0 Å². The van der Waals surface area contributed by atoms with Crippen molar-refractivity contribution in [3.8, 4) is 0 Å². The molecule has 1 heteroatoms. The number of fused-ring (bicyclic) bond motifs is 6. The van der Waals surface area contributed by atoms with Gasteiger partial charge in [-0.15, -0.1) is 0 Å². The van der Waals surface area contributed by atoms with Crippen LogP contribution in [0.4, 0.5) is 0 Å². The predicted octanol–water partition coefficient (Wildman–Crippen LogP) is 8.70. The van der Waals surface area contributed by atoms with E-state index >= 15 is 0 Å². The average molecular weight is 423 g/mol. The third kappa shape index (κ3) is 2.57. The Labute approximate surface area is 194 Å². The molecule has 0 spiro atoms. The van der Waals surface area contributed by atoms with Crippen LogP contribution in [0.2, 0.25) is 17.5 Å². The maximum Gasteiger partial charge on any atom is 0.150 e. The van der Waals surface area contributed by atoms with Crippen molar-refractivity contribution in [2.45, 2.75) is 118 Å². The van der Waals surface area contributed by atoms with Crippen LogP contribution in [0, 0.1) is 69.5 Å². The highest BCUT2D eigenvalue weighted by atomic mass is 14.6. The first-order valence-electron chi connectivity index (χ1n) is 14.4. The second kappa shape index (κ2) is 6.39. The Hall–Kier alpha value is 0.0649. The topological polar surface area (TPSA) is 0 Å². The zero-order valence-electron chi connectivity index (χ0n) is 22.2. The van der Waals surface area contributed by atoms with E-state index in [-0.39, 0.29) is 0 Å². The second-order valence-electron chi connectivity index (χ2n) is 15.9. The van der Waals surface area contributed by atoms with E-state index in [1.807, 2.05) is 0 Å². The largest absolute Gasteiger partial charge is 0.150 e. The lowest BCUT2D eigenvalue weighted by Gasteiger charge is -2.69. The van der Waals surface area contributed by atoms with Crippen molar-refractivity contribution in [3.63, 3.8) is 0 Å². The van der Waals surface area contributed by atoms with Crippen LogP contribution in [-0.2, 0) is 0 Å². The normalized spacial score (nSPS) is 57.2. The zero-order chi connectivity index (χ0) is 22.2. The summed E-state index contributed by atoms with van der Waals surface area (Å²) in [5.74, 6) is 12.1. The van der Waals surface area contributed by atoms with Gasteiger partial charge in [-0.1, -0.05) is 99.0 Å². The Bertz CT molecular complexity index is 648. The van der Waals surface area contributed by atoms with Gasteiger partial charge in [0.2, 0.25) is 0 Å². The quantitative estimate of drug-likeness (QED) is 0.399. The summed E-state index contributed by atoms with van der Waals surface area (Å²) in [5.41, 5.74) is 1.89. The van der Waals surface area contributed by atoms with Crippen LogP contribution >= 0.6 is 0 Å². The summed E-state index contributed by atoms with van der Waals surface area (Å²) < 4.78 is 0. The summed E-state index contributed by atoms with van der Waals surface area (Å²) in [7, 11) is 0. The van der Waals surface area contributed by atoms with E-state index in [0.717, 1.165) is 77.4 Å². The van der Waals surface area contributed by atoms with Crippen molar-refractivity contribution in [3.05, 3.63) is 0 Å². The molecule has 6 bridgehead atoms. The second-order valence-corrected chi connectivity index (χ2v) is 15.9. The first kappa shape index (κ1) is 21.6. The molecule has 0 radical (unpaired) electrons. The molecule has 0 saturated heterocycles. The minimum atomic E-state index is 0.630. The molecule has 0 aromatic carbocycles. The molecule has 9 fully saturated rings. The molecule has 9 aliphatic carbocycles. The van der Waals surface area contributed by atoms with Gasteiger partial charge in [0.05, 0.1) is 0 Å². The molecule has 31 heavy (non-hydrogen) atoms. The van der Waals surface area contributed by atoms with Gasteiger partial charge in [0, 0.05) is 0 Å². The smallest absolute Gasteiger partial charge is 0.0626 e. The lowest BCUT2D eigenvalue weighted by Crippen LogP contribution is -2.63. The number of hydrogen-bond acceptors (Lipinski definition) is 0. The van der Waals surface area contributed by atoms with E-state index in [2.05, 4.69) is 62.3 Å². The van der Waals surface area contributed by atoms with Gasteiger partial charge in [-0.05, 0) is 88.8 Å². The molecule has 0 aromatic heterocycles. The third-order valence-corrected chi connectivity index (χ3v) is 14.7. The van der Waals surface area contributed by atoms with Crippen molar-refractivity contribution < 1.29 is 0 Å². The van der Waals surface area contributed by atoms with E-state index in [4.69, 9.17) is 0 Å². The van der Waals surface area contributed by atoms with Crippen molar-refractivity contribution in [2.75, 3.05) is 0 Å². The number of hydrogen-bond donors (Lipinski definition) is 0. The van der Waals surface area contributed by atoms with Crippen LogP contribution in [0.1, 0.15) is 101 Å². The summed E-state index contributed by atoms with van der Waals surface area (Å²) in [6, 6.07) is 0. The molecule has 0 N–H and O–H groups in total. The molecular weight excluding hydrogens is 371 g/mol. The summed E-state index contributed by atoms with van der Waals surface area (Å²) in [6.07, 6.45) is 9.36. The molecular formula is C30H51B. The van der Waals surface area contributed by atoms with E-state index in [1.165, 1.54) is 0 Å². The third-order valence-electron chi connectivity index (χ3n) is 14.7. The molecule has 9 saturated carbocycles. The van der Waals surface area contributed by atoms with Crippen molar-refractivity contribution >= 4 is 6.71 Å².